The van der Waals surface area contributed by atoms with E-state index in [0.29, 0.717) is 0 Å². The second-order valence-electron chi connectivity index (χ2n) is 2.71. The SMILES string of the molecule is C=C/C=C\[C@@H](CC=C)C(C)(F)F. The van der Waals surface area contributed by atoms with Crippen LogP contribution in [0, 0.1) is 5.92 Å². The highest BCUT2D eigenvalue weighted by Crippen LogP contribution is 2.27. The minimum atomic E-state index is -2.69. The van der Waals surface area contributed by atoms with Crippen molar-refractivity contribution in [1.82, 2.24) is 0 Å². The Morgan fingerprint density at radius 3 is 2.33 bits per heavy atom. The quantitative estimate of drug-likeness (QED) is 0.439. The molecule has 0 aromatic rings. The van der Waals surface area contributed by atoms with Crippen molar-refractivity contribution >= 4 is 0 Å². The molecular weight excluding hydrogens is 158 g/mol. The predicted octanol–water partition coefficient (Wildman–Crippen LogP) is 3.58. The molecular formula is C10H14F2. The fourth-order valence-corrected chi connectivity index (χ4v) is 0.847. The van der Waals surface area contributed by atoms with E-state index in [1.807, 2.05) is 0 Å². The topological polar surface area (TPSA) is 0 Å². The van der Waals surface area contributed by atoms with Gasteiger partial charge >= 0.3 is 0 Å². The molecule has 68 valence electrons. The molecule has 12 heavy (non-hydrogen) atoms. The summed E-state index contributed by atoms with van der Waals surface area (Å²) >= 11 is 0. The first kappa shape index (κ1) is 11.1. The molecule has 0 unspecified atom stereocenters. The molecule has 0 spiro atoms. The monoisotopic (exact) mass is 172 g/mol. The van der Waals surface area contributed by atoms with Crippen LogP contribution in [0.15, 0.2) is 37.5 Å². The van der Waals surface area contributed by atoms with Crippen LogP contribution >= 0.6 is 0 Å². The lowest BCUT2D eigenvalue weighted by molar-refractivity contribution is -0.0197. The predicted molar refractivity (Wildman–Crippen MR) is 48.3 cm³/mol. The molecule has 0 rings (SSSR count). The second-order valence-corrected chi connectivity index (χ2v) is 2.71. The summed E-state index contributed by atoms with van der Waals surface area (Å²) in [5.74, 6) is -3.46. The molecule has 0 aliphatic rings. The van der Waals surface area contributed by atoms with Crippen LogP contribution in [0.4, 0.5) is 8.78 Å². The molecule has 0 bridgehead atoms. The average molecular weight is 172 g/mol. The molecule has 0 N–H and O–H groups in total. The van der Waals surface area contributed by atoms with Crippen molar-refractivity contribution in [3.05, 3.63) is 37.5 Å². The van der Waals surface area contributed by atoms with Gasteiger partial charge in [0.1, 0.15) is 0 Å². The highest BCUT2D eigenvalue weighted by molar-refractivity contribution is 5.04. The zero-order valence-corrected chi connectivity index (χ0v) is 7.26. The van der Waals surface area contributed by atoms with Gasteiger partial charge in [0.15, 0.2) is 0 Å². The van der Waals surface area contributed by atoms with Crippen molar-refractivity contribution in [3.63, 3.8) is 0 Å². The summed E-state index contributed by atoms with van der Waals surface area (Å²) in [4.78, 5) is 0. The Kier molecular flexibility index (Phi) is 4.49. The van der Waals surface area contributed by atoms with E-state index in [2.05, 4.69) is 13.2 Å². The van der Waals surface area contributed by atoms with Gasteiger partial charge in [0.25, 0.3) is 5.92 Å². The van der Waals surface area contributed by atoms with Gasteiger partial charge in [-0.2, -0.15) is 0 Å². The molecule has 0 aromatic carbocycles. The van der Waals surface area contributed by atoms with Crippen LogP contribution in [0.5, 0.6) is 0 Å². The van der Waals surface area contributed by atoms with Gasteiger partial charge in [-0.15, -0.1) is 6.58 Å². The van der Waals surface area contributed by atoms with E-state index in [9.17, 15) is 8.78 Å². The number of hydrogen-bond donors (Lipinski definition) is 0. The maximum absolute atomic E-state index is 12.8. The molecule has 1 atom stereocenters. The molecule has 0 amide bonds. The highest BCUT2D eigenvalue weighted by atomic mass is 19.3. The molecule has 0 saturated carbocycles. The molecule has 0 radical (unpaired) electrons. The van der Waals surface area contributed by atoms with E-state index in [0.717, 1.165) is 6.92 Å². The molecule has 0 fully saturated rings. The van der Waals surface area contributed by atoms with Crippen molar-refractivity contribution < 1.29 is 8.78 Å². The Balaban J connectivity index is 4.32. The molecule has 0 aliphatic heterocycles. The number of rotatable bonds is 5. The number of alkyl halides is 2. The zero-order valence-electron chi connectivity index (χ0n) is 7.26. The van der Waals surface area contributed by atoms with E-state index in [4.69, 9.17) is 0 Å². The van der Waals surface area contributed by atoms with Gasteiger partial charge in [-0.1, -0.05) is 30.9 Å². The van der Waals surface area contributed by atoms with Gasteiger partial charge < -0.3 is 0 Å². The Labute approximate surface area is 72.3 Å². The second kappa shape index (κ2) is 4.86. The third-order valence-electron chi connectivity index (χ3n) is 1.55. The molecule has 0 aliphatic carbocycles. The lowest BCUT2D eigenvalue weighted by Crippen LogP contribution is -2.21. The van der Waals surface area contributed by atoms with Gasteiger partial charge in [0, 0.05) is 5.92 Å². The van der Waals surface area contributed by atoms with Crippen molar-refractivity contribution in [2.75, 3.05) is 0 Å². The largest absolute Gasteiger partial charge is 0.251 e. The Morgan fingerprint density at radius 1 is 1.42 bits per heavy atom. The summed E-state index contributed by atoms with van der Waals surface area (Å²) in [5, 5.41) is 0. The molecule has 0 saturated heterocycles. The van der Waals surface area contributed by atoms with Gasteiger partial charge in [-0.05, 0) is 13.3 Å². The third-order valence-corrected chi connectivity index (χ3v) is 1.55. The maximum atomic E-state index is 12.8. The summed E-state index contributed by atoms with van der Waals surface area (Å²) in [6.45, 7) is 7.76. The van der Waals surface area contributed by atoms with Crippen LogP contribution in [0.1, 0.15) is 13.3 Å². The Hall–Kier alpha value is -0.920. The number of hydrogen-bond acceptors (Lipinski definition) is 0. The first-order valence-corrected chi connectivity index (χ1v) is 3.80. The molecule has 0 aromatic heterocycles. The van der Waals surface area contributed by atoms with Crippen molar-refractivity contribution in [2.24, 2.45) is 5.92 Å². The Morgan fingerprint density at radius 2 is 2.00 bits per heavy atom. The highest BCUT2D eigenvalue weighted by Gasteiger charge is 2.30. The van der Waals surface area contributed by atoms with Crippen LogP contribution in [0.2, 0.25) is 0 Å². The van der Waals surface area contributed by atoms with Crippen molar-refractivity contribution in [1.29, 1.82) is 0 Å². The van der Waals surface area contributed by atoms with E-state index in [-0.39, 0.29) is 6.42 Å². The molecule has 0 nitrogen and oxygen atoms in total. The standard InChI is InChI=1S/C10H14F2/c1-4-6-8-9(7-5-2)10(3,11)12/h4-6,8-9H,1-2,7H2,3H3/b8-6-/t9-/m1/s1. The Bertz CT molecular complexity index is 175. The van der Waals surface area contributed by atoms with E-state index in [1.165, 1.54) is 24.3 Å². The maximum Gasteiger partial charge on any atom is 0.251 e. The van der Waals surface area contributed by atoms with Crippen LogP contribution in [0.3, 0.4) is 0 Å². The van der Waals surface area contributed by atoms with Crippen LogP contribution in [0.25, 0.3) is 0 Å². The van der Waals surface area contributed by atoms with Crippen molar-refractivity contribution in [3.8, 4) is 0 Å². The normalized spacial score (nSPS) is 14.6. The smallest absolute Gasteiger partial charge is 0.207 e. The fourth-order valence-electron chi connectivity index (χ4n) is 0.847. The lowest BCUT2D eigenvalue weighted by atomic mass is 9.98. The van der Waals surface area contributed by atoms with Gasteiger partial charge in [-0.25, -0.2) is 8.78 Å². The summed E-state index contributed by atoms with van der Waals surface area (Å²) in [7, 11) is 0. The number of halogens is 2. The number of allylic oxidation sites excluding steroid dienone is 4. The van der Waals surface area contributed by atoms with Gasteiger partial charge in [0.05, 0.1) is 0 Å². The fraction of sp³-hybridized carbons (Fsp3) is 0.400. The first-order chi connectivity index (χ1) is 5.52. The molecule has 0 heterocycles. The van der Waals surface area contributed by atoms with Crippen LogP contribution in [-0.4, -0.2) is 5.92 Å². The van der Waals surface area contributed by atoms with E-state index < -0.39 is 11.8 Å². The van der Waals surface area contributed by atoms with Gasteiger partial charge in [-0.3, -0.25) is 0 Å². The third kappa shape index (κ3) is 4.06. The van der Waals surface area contributed by atoms with Crippen LogP contribution in [-0.2, 0) is 0 Å². The summed E-state index contributed by atoms with van der Waals surface area (Å²) in [6.07, 6.45) is 6.26. The van der Waals surface area contributed by atoms with Crippen LogP contribution < -0.4 is 0 Å². The lowest BCUT2D eigenvalue weighted by Gasteiger charge is -2.18. The van der Waals surface area contributed by atoms with Crippen molar-refractivity contribution in [2.45, 2.75) is 19.3 Å². The zero-order chi connectivity index (χ0) is 9.61. The summed E-state index contributed by atoms with van der Waals surface area (Å²) in [6, 6.07) is 0. The minimum absolute atomic E-state index is 0.286. The minimum Gasteiger partial charge on any atom is -0.207 e. The summed E-state index contributed by atoms with van der Waals surface area (Å²) < 4.78 is 25.5. The van der Waals surface area contributed by atoms with E-state index >= 15 is 0 Å². The summed E-state index contributed by atoms with van der Waals surface area (Å²) in [5.41, 5.74) is 0. The average Bonchev–Trinajstić information content (AvgIpc) is 1.95. The molecule has 2 heteroatoms. The first-order valence-electron chi connectivity index (χ1n) is 3.80. The van der Waals surface area contributed by atoms with Gasteiger partial charge in [0.2, 0.25) is 0 Å². The van der Waals surface area contributed by atoms with E-state index in [1.54, 1.807) is 0 Å².